The normalized spacial score (nSPS) is 13.1. The Kier molecular flexibility index (Phi) is 8.23. The van der Waals surface area contributed by atoms with Crippen LogP contribution in [0, 0.1) is 0 Å². The van der Waals surface area contributed by atoms with E-state index in [1.807, 2.05) is 0 Å². The van der Waals surface area contributed by atoms with Gasteiger partial charge in [-0.1, -0.05) is 15.9 Å². The lowest BCUT2D eigenvalue weighted by Gasteiger charge is -2.27. The maximum Gasteiger partial charge on any atom is 0.404 e. The van der Waals surface area contributed by atoms with Crippen molar-refractivity contribution in [1.29, 1.82) is 0 Å². The first-order valence-corrected chi connectivity index (χ1v) is 11.3. The molecule has 0 spiro atoms. The van der Waals surface area contributed by atoms with Crippen LogP contribution >= 0.6 is 23.5 Å². The zero-order valence-corrected chi connectivity index (χ0v) is 18.6. The van der Waals surface area contributed by atoms with E-state index in [0.717, 1.165) is 6.07 Å². The number of nitrogens with zero attached hydrogens (tertiary/aromatic N) is 1. The highest BCUT2D eigenvalue weighted by Crippen LogP contribution is 2.67. The van der Waals surface area contributed by atoms with Gasteiger partial charge in [-0.3, -0.25) is 4.57 Å². The highest BCUT2D eigenvalue weighted by molar-refractivity contribution is 9.10. The molecule has 2 aromatic rings. The summed E-state index contributed by atoms with van der Waals surface area (Å²) in [4.78, 5) is 3.97. The molecule has 2 rings (SSSR count). The van der Waals surface area contributed by atoms with Gasteiger partial charge in [0.05, 0.1) is 19.8 Å². The molecule has 0 amide bonds. The van der Waals surface area contributed by atoms with Gasteiger partial charge in [-0.2, -0.15) is 22.0 Å². The van der Waals surface area contributed by atoms with Crippen molar-refractivity contribution in [2.24, 2.45) is 0 Å². The second-order valence-corrected chi connectivity index (χ2v) is 9.07. The molecule has 0 bridgehead atoms. The number of halogens is 6. The van der Waals surface area contributed by atoms with Crippen LogP contribution in [0.25, 0.3) is 10.8 Å². The van der Waals surface area contributed by atoms with Crippen LogP contribution in [0.15, 0.2) is 28.9 Å². The van der Waals surface area contributed by atoms with Crippen molar-refractivity contribution in [3.8, 4) is 5.88 Å². The second-order valence-electron chi connectivity index (χ2n) is 6.14. The predicted octanol–water partition coefficient (Wildman–Crippen LogP) is 7.03. The first kappa shape index (κ1) is 25.0. The van der Waals surface area contributed by atoms with Gasteiger partial charge in [0.15, 0.2) is 0 Å². The van der Waals surface area contributed by atoms with Crippen molar-refractivity contribution in [2.75, 3.05) is 19.8 Å². The Morgan fingerprint density at radius 1 is 1.03 bits per heavy atom. The highest BCUT2D eigenvalue weighted by atomic mass is 79.9. The fraction of sp³-hybridized carbons (Fsp3) is 0.500. The quantitative estimate of drug-likeness (QED) is 0.191. The summed E-state index contributed by atoms with van der Waals surface area (Å²) in [6.07, 6.45) is -4.22. The van der Waals surface area contributed by atoms with E-state index in [1.54, 1.807) is 0 Å². The zero-order valence-electron chi connectivity index (χ0n) is 16.1. The van der Waals surface area contributed by atoms with Crippen molar-refractivity contribution < 1.29 is 40.3 Å². The van der Waals surface area contributed by atoms with E-state index < -0.39 is 31.4 Å². The fourth-order valence-corrected chi connectivity index (χ4v) is 4.91. The van der Waals surface area contributed by atoms with Gasteiger partial charge in [0, 0.05) is 34.1 Å². The van der Waals surface area contributed by atoms with Crippen LogP contribution in [0.2, 0.25) is 0 Å². The Balaban J connectivity index is 2.35. The third-order valence-electron chi connectivity index (χ3n) is 3.90. The lowest BCUT2D eigenvalue weighted by atomic mass is 10.1. The zero-order chi connectivity index (χ0) is 22.6. The number of pyridine rings is 1. The smallest absolute Gasteiger partial charge is 0.404 e. The van der Waals surface area contributed by atoms with Gasteiger partial charge in [0.1, 0.15) is 0 Å². The number of hydrogen-bond acceptors (Lipinski definition) is 5. The molecule has 30 heavy (non-hydrogen) atoms. The molecule has 0 N–H and O–H groups in total. The van der Waals surface area contributed by atoms with Crippen LogP contribution in [-0.2, 0) is 19.3 Å². The van der Waals surface area contributed by atoms with Gasteiger partial charge in [-0.15, -0.1) is 0 Å². The summed E-state index contributed by atoms with van der Waals surface area (Å²) in [5.74, 6) is -0.0148. The maximum absolute atomic E-state index is 15.1. The van der Waals surface area contributed by atoms with Crippen LogP contribution in [0.1, 0.15) is 32.3 Å². The maximum atomic E-state index is 15.1. The number of rotatable bonds is 10. The van der Waals surface area contributed by atoms with Crippen LogP contribution < -0.4 is 4.74 Å². The Morgan fingerprint density at radius 3 is 2.23 bits per heavy atom. The van der Waals surface area contributed by atoms with E-state index in [0.29, 0.717) is 5.39 Å². The van der Waals surface area contributed by atoms with Gasteiger partial charge in [-0.25, -0.2) is 4.98 Å². The average Bonchev–Trinajstić information content (AvgIpc) is 2.64. The fourth-order valence-electron chi connectivity index (χ4n) is 2.59. The monoisotopic (exact) mass is 519 g/mol. The number of fused-ring (bicyclic) bond motifs is 1. The summed E-state index contributed by atoms with van der Waals surface area (Å²) in [6.45, 7) is 2.13. The van der Waals surface area contributed by atoms with E-state index in [9.17, 15) is 17.7 Å². The molecule has 12 heteroatoms. The molecule has 0 saturated heterocycles. The molecule has 0 atom stereocenters. The molecule has 0 aliphatic carbocycles. The predicted molar refractivity (Wildman–Crippen MR) is 105 cm³/mol. The molecule has 0 aliphatic rings. The molecule has 1 aromatic heterocycles. The number of benzene rings is 1. The first-order valence-electron chi connectivity index (χ1n) is 9.00. The van der Waals surface area contributed by atoms with E-state index in [4.69, 9.17) is 13.8 Å². The van der Waals surface area contributed by atoms with Gasteiger partial charge >= 0.3 is 19.4 Å². The van der Waals surface area contributed by atoms with Crippen LogP contribution in [0.5, 0.6) is 5.88 Å². The largest absolute Gasteiger partial charge is 0.478 e. The third kappa shape index (κ3) is 5.90. The molecule has 5 nitrogen and oxygen atoms in total. The molecular weight excluding hydrogens is 500 g/mol. The molecular formula is C18H20BrF5NO4P. The van der Waals surface area contributed by atoms with Crippen molar-refractivity contribution >= 4 is 34.3 Å². The summed E-state index contributed by atoms with van der Waals surface area (Å²) in [6, 6.07) is 3.77. The van der Waals surface area contributed by atoms with E-state index in [2.05, 4.69) is 20.9 Å². The Morgan fingerprint density at radius 2 is 1.67 bits per heavy atom. The van der Waals surface area contributed by atoms with Crippen LogP contribution in [-0.4, -0.2) is 31.0 Å². The summed E-state index contributed by atoms with van der Waals surface area (Å²) in [7, 11) is -4.82. The average molecular weight is 520 g/mol. The van der Waals surface area contributed by atoms with Gasteiger partial charge in [0.2, 0.25) is 5.88 Å². The summed E-state index contributed by atoms with van der Waals surface area (Å²) < 4.78 is 94.3. The van der Waals surface area contributed by atoms with Gasteiger partial charge < -0.3 is 13.8 Å². The summed E-state index contributed by atoms with van der Waals surface area (Å²) >= 11 is 3.06. The number of aromatic nitrogens is 1. The standard InChI is InChI=1S/C18H20BrF5NO4P/c1-3-28-30(26,29-4-2)18(23,24)14-8-12-10-16(25-11-13(12)9-15(14)19)27-7-5-6-17(20,21)22/h8-11H,3-7H2,1-2H3. The van der Waals surface area contributed by atoms with Gasteiger partial charge in [0.25, 0.3) is 0 Å². The molecule has 0 radical (unpaired) electrons. The van der Waals surface area contributed by atoms with E-state index in [1.165, 1.54) is 32.2 Å². The minimum absolute atomic E-state index is 0.0148. The number of alkyl halides is 5. The van der Waals surface area contributed by atoms with E-state index in [-0.39, 0.29) is 42.0 Å². The molecule has 0 fully saturated rings. The van der Waals surface area contributed by atoms with Gasteiger partial charge in [-0.05, 0) is 37.8 Å². The molecule has 1 heterocycles. The minimum atomic E-state index is -4.82. The first-order chi connectivity index (χ1) is 13.9. The molecule has 0 unspecified atom stereocenters. The Bertz CT molecular complexity index is 915. The summed E-state index contributed by atoms with van der Waals surface area (Å²) in [5.41, 5.74) is -4.57. The number of hydrogen-bond donors (Lipinski definition) is 0. The lowest BCUT2D eigenvalue weighted by molar-refractivity contribution is -0.136. The molecule has 0 saturated carbocycles. The van der Waals surface area contributed by atoms with Crippen molar-refractivity contribution in [2.45, 2.75) is 38.5 Å². The topological polar surface area (TPSA) is 57.7 Å². The lowest BCUT2D eigenvalue weighted by Crippen LogP contribution is -2.19. The molecule has 168 valence electrons. The van der Waals surface area contributed by atoms with Crippen molar-refractivity contribution in [3.05, 3.63) is 34.4 Å². The van der Waals surface area contributed by atoms with Crippen LogP contribution in [0.3, 0.4) is 0 Å². The minimum Gasteiger partial charge on any atom is -0.478 e. The Hall–Kier alpha value is -1.29. The highest BCUT2D eigenvalue weighted by Gasteiger charge is 2.55. The summed E-state index contributed by atoms with van der Waals surface area (Å²) in [5, 5.41) is 0.736. The SMILES string of the molecule is CCOP(=O)(OCC)C(F)(F)c1cc2cc(OCCCC(F)(F)F)ncc2cc1Br. The van der Waals surface area contributed by atoms with Crippen molar-refractivity contribution in [3.63, 3.8) is 0 Å². The molecule has 0 aliphatic heterocycles. The Labute approximate surface area is 178 Å². The van der Waals surface area contributed by atoms with Crippen molar-refractivity contribution in [1.82, 2.24) is 4.98 Å². The number of ether oxygens (including phenoxy) is 1. The van der Waals surface area contributed by atoms with E-state index >= 15 is 8.78 Å². The second kappa shape index (κ2) is 9.89. The third-order valence-corrected chi connectivity index (χ3v) is 6.68. The van der Waals surface area contributed by atoms with Crippen LogP contribution in [0.4, 0.5) is 22.0 Å². The molecule has 1 aromatic carbocycles.